The van der Waals surface area contributed by atoms with E-state index in [9.17, 15) is 15.0 Å². The van der Waals surface area contributed by atoms with E-state index < -0.39 is 24.3 Å². The molecule has 0 aromatic carbocycles. The molecule has 22 heavy (non-hydrogen) atoms. The average Bonchev–Trinajstić information content (AvgIpc) is 2.72. The Labute approximate surface area is 132 Å². The maximum absolute atomic E-state index is 11.9. The summed E-state index contributed by atoms with van der Waals surface area (Å²) < 4.78 is 0. The van der Waals surface area contributed by atoms with Gasteiger partial charge in [-0.25, -0.2) is 0 Å². The van der Waals surface area contributed by atoms with Gasteiger partial charge in [0.1, 0.15) is 0 Å². The molecule has 0 aromatic rings. The molecule has 0 bridgehead atoms. The van der Waals surface area contributed by atoms with Gasteiger partial charge in [0.2, 0.25) is 5.91 Å². The van der Waals surface area contributed by atoms with Crippen molar-refractivity contribution in [3.63, 3.8) is 0 Å². The number of carbonyl (C=O) groups is 1. The van der Waals surface area contributed by atoms with Gasteiger partial charge in [0, 0.05) is 13.0 Å². The van der Waals surface area contributed by atoms with Crippen LogP contribution >= 0.6 is 0 Å². The zero-order valence-corrected chi connectivity index (χ0v) is 13.7. The van der Waals surface area contributed by atoms with E-state index in [2.05, 4.69) is 30.6 Å². The molecule has 1 aliphatic rings. The summed E-state index contributed by atoms with van der Waals surface area (Å²) in [6, 6.07) is -0.975. The van der Waals surface area contributed by atoms with Crippen LogP contribution in [0.1, 0.15) is 40.0 Å². The summed E-state index contributed by atoms with van der Waals surface area (Å²) in [4.78, 5) is 11.9. The summed E-state index contributed by atoms with van der Waals surface area (Å²) in [5.41, 5.74) is 1.29. The smallest absolute Gasteiger partial charge is 0.220 e. The molecule has 6 nitrogen and oxygen atoms in total. The lowest BCUT2D eigenvalue weighted by Gasteiger charge is -2.17. The van der Waals surface area contributed by atoms with Crippen molar-refractivity contribution in [2.45, 2.75) is 64.3 Å². The van der Waals surface area contributed by atoms with Crippen molar-refractivity contribution in [2.24, 2.45) is 5.92 Å². The molecule has 0 spiro atoms. The minimum Gasteiger partial charge on any atom is -0.395 e. The molecule has 5 N–H and O–H groups in total. The zero-order valence-electron chi connectivity index (χ0n) is 13.7. The monoisotopic (exact) mass is 314 g/mol. The molecule has 1 rings (SSSR count). The molecule has 0 saturated carbocycles. The molecular formula is C16H30N2O4. The molecule has 1 saturated heterocycles. The minimum atomic E-state index is -1.00. The standard InChI is InChI=1S/C16H30N2O4/c1-10(2)5-4-6-11(3)7-14(20)17-8-12-15(21)16(22)13(9-19)18-12/h5,11-13,15-16,18-19,21-22H,4,6-9H2,1-3H3,(H,17,20)/t11?,12-,13+,15+,16-/m0/s1. The Morgan fingerprint density at radius 3 is 2.45 bits per heavy atom. The number of nitrogens with one attached hydrogen (secondary N) is 2. The normalized spacial score (nSPS) is 29.2. The topological polar surface area (TPSA) is 102 Å². The number of carbonyl (C=O) groups excluding carboxylic acids is 1. The number of rotatable bonds is 8. The fraction of sp³-hybridized carbons (Fsp3) is 0.812. The number of allylic oxidation sites excluding steroid dienone is 2. The molecule has 6 heteroatoms. The van der Waals surface area contributed by atoms with Crippen LogP contribution in [0, 0.1) is 5.92 Å². The van der Waals surface area contributed by atoms with Crippen LogP contribution in [-0.4, -0.2) is 58.7 Å². The number of amides is 1. The second kappa shape index (κ2) is 9.25. The van der Waals surface area contributed by atoms with E-state index in [0.717, 1.165) is 12.8 Å². The number of hydrogen-bond acceptors (Lipinski definition) is 5. The van der Waals surface area contributed by atoms with E-state index in [4.69, 9.17) is 5.11 Å². The van der Waals surface area contributed by atoms with Gasteiger partial charge in [-0.15, -0.1) is 0 Å². The molecule has 1 heterocycles. The Kier molecular flexibility index (Phi) is 8.03. The lowest BCUT2D eigenvalue weighted by molar-refractivity contribution is -0.122. The number of hydrogen-bond donors (Lipinski definition) is 5. The Morgan fingerprint density at radius 2 is 1.91 bits per heavy atom. The average molecular weight is 314 g/mol. The summed E-state index contributed by atoms with van der Waals surface area (Å²) in [5, 5.41) is 34.3. The van der Waals surface area contributed by atoms with Gasteiger partial charge in [-0.1, -0.05) is 18.6 Å². The van der Waals surface area contributed by atoms with Crippen LogP contribution in [0.4, 0.5) is 0 Å². The van der Waals surface area contributed by atoms with Crippen molar-refractivity contribution in [1.29, 1.82) is 0 Å². The predicted molar refractivity (Wildman–Crippen MR) is 85.3 cm³/mol. The van der Waals surface area contributed by atoms with Gasteiger partial charge in [0.05, 0.1) is 30.9 Å². The highest BCUT2D eigenvalue weighted by Gasteiger charge is 2.40. The third-order valence-corrected chi connectivity index (χ3v) is 4.06. The SMILES string of the molecule is CC(C)=CCCC(C)CC(=O)NC[C@@H]1N[C@H](CO)[C@H](O)[C@@H]1O. The first kappa shape index (κ1) is 19.1. The minimum absolute atomic E-state index is 0.0550. The van der Waals surface area contributed by atoms with Gasteiger partial charge in [-0.2, -0.15) is 0 Å². The van der Waals surface area contributed by atoms with Gasteiger partial charge in [-0.05, 0) is 32.6 Å². The van der Waals surface area contributed by atoms with E-state index >= 15 is 0 Å². The van der Waals surface area contributed by atoms with Crippen LogP contribution in [0.15, 0.2) is 11.6 Å². The van der Waals surface area contributed by atoms with Gasteiger partial charge in [0.25, 0.3) is 0 Å². The van der Waals surface area contributed by atoms with E-state index in [1.54, 1.807) is 0 Å². The van der Waals surface area contributed by atoms with Crippen LogP contribution in [0.25, 0.3) is 0 Å². The molecule has 128 valence electrons. The fourth-order valence-electron chi connectivity index (χ4n) is 2.66. The molecule has 1 aliphatic heterocycles. The highest BCUT2D eigenvalue weighted by Crippen LogP contribution is 2.14. The Bertz CT molecular complexity index is 382. The molecule has 1 fully saturated rings. The first-order valence-electron chi connectivity index (χ1n) is 7.98. The van der Waals surface area contributed by atoms with Crippen LogP contribution in [0.5, 0.6) is 0 Å². The van der Waals surface area contributed by atoms with Crippen LogP contribution in [0.2, 0.25) is 0 Å². The van der Waals surface area contributed by atoms with E-state index in [-0.39, 0.29) is 19.1 Å². The molecule has 5 atom stereocenters. The van der Waals surface area contributed by atoms with Gasteiger partial charge in [-0.3, -0.25) is 4.79 Å². The van der Waals surface area contributed by atoms with Gasteiger partial charge < -0.3 is 26.0 Å². The van der Waals surface area contributed by atoms with Crippen molar-refractivity contribution in [3.05, 3.63) is 11.6 Å². The molecule has 0 aromatic heterocycles. The van der Waals surface area contributed by atoms with Crippen molar-refractivity contribution in [3.8, 4) is 0 Å². The maximum atomic E-state index is 11.9. The highest BCUT2D eigenvalue weighted by molar-refractivity contribution is 5.76. The van der Waals surface area contributed by atoms with Gasteiger partial charge in [0.15, 0.2) is 0 Å². The van der Waals surface area contributed by atoms with Crippen LogP contribution in [0.3, 0.4) is 0 Å². The van der Waals surface area contributed by atoms with E-state index in [1.807, 2.05) is 6.92 Å². The Morgan fingerprint density at radius 1 is 1.27 bits per heavy atom. The second-order valence-corrected chi connectivity index (χ2v) is 6.52. The summed E-state index contributed by atoms with van der Waals surface area (Å²) in [6.45, 7) is 6.17. The molecule has 1 amide bonds. The first-order chi connectivity index (χ1) is 10.3. The van der Waals surface area contributed by atoms with E-state index in [1.165, 1.54) is 5.57 Å². The second-order valence-electron chi connectivity index (χ2n) is 6.52. The third kappa shape index (κ3) is 6.04. The molecule has 0 radical (unpaired) electrons. The molecule has 0 aliphatic carbocycles. The maximum Gasteiger partial charge on any atom is 0.220 e. The highest BCUT2D eigenvalue weighted by atomic mass is 16.3. The van der Waals surface area contributed by atoms with Crippen LogP contribution in [-0.2, 0) is 4.79 Å². The molecule has 1 unspecified atom stereocenters. The lowest BCUT2D eigenvalue weighted by atomic mass is 10.0. The fourth-order valence-corrected chi connectivity index (χ4v) is 2.66. The molecular weight excluding hydrogens is 284 g/mol. The Hall–Kier alpha value is -0.950. The van der Waals surface area contributed by atoms with E-state index in [0.29, 0.717) is 12.3 Å². The predicted octanol–water partition coefficient (Wildman–Crippen LogP) is -0.0703. The number of aliphatic hydroxyl groups excluding tert-OH is 3. The van der Waals surface area contributed by atoms with Crippen molar-refractivity contribution >= 4 is 5.91 Å². The summed E-state index contributed by atoms with van der Waals surface area (Å²) >= 11 is 0. The zero-order chi connectivity index (χ0) is 16.7. The number of aliphatic hydroxyl groups is 3. The van der Waals surface area contributed by atoms with Crippen molar-refractivity contribution in [2.75, 3.05) is 13.2 Å². The first-order valence-corrected chi connectivity index (χ1v) is 7.98. The quantitative estimate of drug-likeness (QED) is 0.404. The summed E-state index contributed by atoms with van der Waals surface area (Å²) in [6.07, 6.45) is 2.58. The largest absolute Gasteiger partial charge is 0.395 e. The summed E-state index contributed by atoms with van der Waals surface area (Å²) in [5.74, 6) is 0.244. The Balaban J connectivity index is 2.27. The van der Waals surface area contributed by atoms with Crippen LogP contribution < -0.4 is 10.6 Å². The van der Waals surface area contributed by atoms with Crippen molar-refractivity contribution < 1.29 is 20.1 Å². The van der Waals surface area contributed by atoms with Crippen molar-refractivity contribution in [1.82, 2.24) is 10.6 Å². The third-order valence-electron chi connectivity index (χ3n) is 4.06. The lowest BCUT2D eigenvalue weighted by Crippen LogP contribution is -2.44. The summed E-state index contributed by atoms with van der Waals surface area (Å²) in [7, 11) is 0. The van der Waals surface area contributed by atoms with Gasteiger partial charge >= 0.3 is 0 Å².